The highest BCUT2D eigenvalue weighted by Gasteiger charge is 2.24. The van der Waals surface area contributed by atoms with Gasteiger partial charge in [-0.2, -0.15) is 0 Å². The summed E-state index contributed by atoms with van der Waals surface area (Å²) in [7, 11) is 0. The zero-order chi connectivity index (χ0) is 18.4. The molecular formula is C20H22ClN3O2. The Labute approximate surface area is 158 Å². The Kier molecular flexibility index (Phi) is 6.26. The number of carbonyl (C=O) groups is 2. The molecule has 1 aliphatic heterocycles. The van der Waals surface area contributed by atoms with Gasteiger partial charge in [-0.25, -0.2) is 0 Å². The highest BCUT2D eigenvalue weighted by molar-refractivity contribution is 6.31. The van der Waals surface area contributed by atoms with Crippen molar-refractivity contribution in [2.75, 3.05) is 32.7 Å². The van der Waals surface area contributed by atoms with E-state index in [1.54, 1.807) is 28.0 Å². The van der Waals surface area contributed by atoms with E-state index in [1.807, 2.05) is 36.4 Å². The van der Waals surface area contributed by atoms with E-state index in [0.717, 1.165) is 18.7 Å². The van der Waals surface area contributed by atoms with Gasteiger partial charge in [0.15, 0.2) is 0 Å². The fourth-order valence-corrected chi connectivity index (χ4v) is 3.17. The second kappa shape index (κ2) is 8.83. The van der Waals surface area contributed by atoms with Crippen LogP contribution in [0.15, 0.2) is 54.6 Å². The van der Waals surface area contributed by atoms with Crippen molar-refractivity contribution in [1.82, 2.24) is 15.1 Å². The first kappa shape index (κ1) is 18.4. The number of halogens is 1. The quantitative estimate of drug-likeness (QED) is 0.878. The summed E-state index contributed by atoms with van der Waals surface area (Å²) in [6.45, 7) is 3.23. The first-order valence-electron chi connectivity index (χ1n) is 8.71. The molecule has 0 spiro atoms. The van der Waals surface area contributed by atoms with Crippen molar-refractivity contribution in [3.8, 4) is 0 Å². The Balaban J connectivity index is 1.80. The van der Waals surface area contributed by atoms with E-state index in [1.165, 1.54) is 0 Å². The third-order valence-electron chi connectivity index (χ3n) is 4.42. The molecule has 1 saturated heterocycles. The van der Waals surface area contributed by atoms with Crippen molar-refractivity contribution in [2.24, 2.45) is 0 Å². The monoisotopic (exact) mass is 371 g/mol. The lowest BCUT2D eigenvalue weighted by atomic mass is 10.1. The molecule has 0 unspecified atom stereocenters. The second-order valence-electron chi connectivity index (χ2n) is 6.25. The van der Waals surface area contributed by atoms with Crippen molar-refractivity contribution in [3.05, 3.63) is 70.7 Å². The van der Waals surface area contributed by atoms with Gasteiger partial charge in [-0.05, 0) is 23.8 Å². The Bertz CT molecular complexity index is 761. The van der Waals surface area contributed by atoms with E-state index in [9.17, 15) is 9.59 Å². The van der Waals surface area contributed by atoms with E-state index >= 15 is 0 Å². The lowest BCUT2D eigenvalue weighted by molar-refractivity contribution is -0.132. The lowest BCUT2D eigenvalue weighted by Gasteiger charge is -2.30. The van der Waals surface area contributed by atoms with Crippen LogP contribution >= 0.6 is 11.6 Å². The molecule has 5 nitrogen and oxygen atoms in total. The third-order valence-corrected chi connectivity index (χ3v) is 4.79. The predicted molar refractivity (Wildman–Crippen MR) is 102 cm³/mol. The molecule has 3 rings (SSSR count). The molecule has 136 valence electrons. The summed E-state index contributed by atoms with van der Waals surface area (Å²) in [5, 5.41) is 3.82. The molecule has 6 heteroatoms. The summed E-state index contributed by atoms with van der Waals surface area (Å²) >= 11 is 6.26. The molecule has 2 amide bonds. The van der Waals surface area contributed by atoms with E-state index in [4.69, 9.17) is 11.6 Å². The van der Waals surface area contributed by atoms with Crippen LogP contribution in [0.3, 0.4) is 0 Å². The normalized spacial score (nSPS) is 14.1. The molecule has 0 radical (unpaired) electrons. The minimum absolute atomic E-state index is 0.0390. The maximum Gasteiger partial charge on any atom is 0.254 e. The molecule has 1 heterocycles. The topological polar surface area (TPSA) is 52.7 Å². The minimum Gasteiger partial charge on any atom is -0.339 e. The van der Waals surface area contributed by atoms with E-state index in [-0.39, 0.29) is 18.4 Å². The molecule has 1 N–H and O–H groups in total. The Morgan fingerprint density at radius 3 is 2.35 bits per heavy atom. The summed E-state index contributed by atoms with van der Waals surface area (Å²) in [5.74, 6) is -0.211. The zero-order valence-electron chi connectivity index (χ0n) is 14.5. The molecule has 0 aliphatic carbocycles. The number of piperazine rings is 1. The van der Waals surface area contributed by atoms with Crippen LogP contribution in [-0.4, -0.2) is 54.3 Å². The van der Waals surface area contributed by atoms with Crippen LogP contribution in [-0.2, 0) is 11.3 Å². The van der Waals surface area contributed by atoms with Gasteiger partial charge in [0.25, 0.3) is 5.91 Å². The first-order valence-corrected chi connectivity index (χ1v) is 9.09. The average molecular weight is 372 g/mol. The summed E-state index contributed by atoms with van der Waals surface area (Å²) < 4.78 is 0. The Morgan fingerprint density at radius 2 is 1.65 bits per heavy atom. The number of hydrogen-bond acceptors (Lipinski definition) is 3. The van der Waals surface area contributed by atoms with Crippen molar-refractivity contribution < 1.29 is 9.59 Å². The maximum absolute atomic E-state index is 13.0. The lowest BCUT2D eigenvalue weighted by Crippen LogP contribution is -2.50. The summed E-state index contributed by atoms with van der Waals surface area (Å²) in [4.78, 5) is 29.0. The molecule has 0 bridgehead atoms. The highest BCUT2D eigenvalue weighted by Crippen LogP contribution is 2.18. The summed E-state index contributed by atoms with van der Waals surface area (Å²) in [6, 6.07) is 16.4. The number of amides is 2. The van der Waals surface area contributed by atoms with Crippen LogP contribution in [0.1, 0.15) is 15.9 Å². The van der Waals surface area contributed by atoms with Crippen molar-refractivity contribution >= 4 is 23.4 Å². The van der Waals surface area contributed by atoms with Crippen LogP contribution in [0.2, 0.25) is 5.02 Å². The fourth-order valence-electron chi connectivity index (χ4n) is 2.97. The molecule has 1 fully saturated rings. The van der Waals surface area contributed by atoms with Crippen LogP contribution in [0.25, 0.3) is 0 Å². The minimum atomic E-state index is -0.172. The van der Waals surface area contributed by atoms with Crippen LogP contribution in [0.4, 0.5) is 0 Å². The smallest absolute Gasteiger partial charge is 0.254 e. The molecule has 2 aromatic rings. The Morgan fingerprint density at radius 1 is 1.00 bits per heavy atom. The number of nitrogens with one attached hydrogen (secondary N) is 1. The number of carbonyl (C=O) groups excluding carboxylic acids is 2. The van der Waals surface area contributed by atoms with E-state index < -0.39 is 0 Å². The maximum atomic E-state index is 13.0. The van der Waals surface area contributed by atoms with Crippen molar-refractivity contribution in [3.63, 3.8) is 0 Å². The molecule has 0 aromatic heterocycles. The first-order chi connectivity index (χ1) is 12.6. The van der Waals surface area contributed by atoms with Crippen molar-refractivity contribution in [2.45, 2.75) is 6.54 Å². The molecule has 0 atom stereocenters. The fraction of sp³-hybridized carbons (Fsp3) is 0.300. The number of hydrogen-bond donors (Lipinski definition) is 1. The summed E-state index contributed by atoms with van der Waals surface area (Å²) in [5.41, 5.74) is 1.39. The van der Waals surface area contributed by atoms with E-state index in [0.29, 0.717) is 30.2 Å². The summed E-state index contributed by atoms with van der Waals surface area (Å²) in [6.07, 6.45) is 0. The highest BCUT2D eigenvalue weighted by atomic mass is 35.5. The second-order valence-corrected chi connectivity index (χ2v) is 6.66. The largest absolute Gasteiger partial charge is 0.339 e. The molecule has 0 saturated carbocycles. The van der Waals surface area contributed by atoms with Gasteiger partial charge in [0.1, 0.15) is 6.54 Å². The Hall–Kier alpha value is -2.37. The van der Waals surface area contributed by atoms with Crippen LogP contribution in [0.5, 0.6) is 0 Å². The van der Waals surface area contributed by atoms with Crippen LogP contribution in [0, 0.1) is 0 Å². The SMILES string of the molecule is O=C(CN(Cc1ccccc1Cl)C(=O)c1ccccc1)N1CCNCC1. The van der Waals surface area contributed by atoms with Gasteiger partial charge in [-0.1, -0.05) is 48.0 Å². The number of nitrogens with zero attached hydrogens (tertiary/aromatic N) is 2. The predicted octanol–water partition coefficient (Wildman–Crippen LogP) is 2.41. The van der Waals surface area contributed by atoms with Gasteiger partial charge in [-0.3, -0.25) is 9.59 Å². The van der Waals surface area contributed by atoms with Crippen molar-refractivity contribution in [1.29, 1.82) is 0 Å². The van der Waals surface area contributed by atoms with E-state index in [2.05, 4.69) is 5.32 Å². The van der Waals surface area contributed by atoms with Gasteiger partial charge in [0.2, 0.25) is 5.91 Å². The molecule has 2 aromatic carbocycles. The average Bonchev–Trinajstić information content (AvgIpc) is 2.70. The van der Waals surface area contributed by atoms with Gasteiger partial charge in [0, 0.05) is 43.3 Å². The third kappa shape index (κ3) is 4.62. The van der Waals surface area contributed by atoms with Crippen LogP contribution < -0.4 is 5.32 Å². The van der Waals surface area contributed by atoms with Gasteiger partial charge in [-0.15, -0.1) is 0 Å². The molecular weight excluding hydrogens is 350 g/mol. The van der Waals surface area contributed by atoms with Gasteiger partial charge in [0.05, 0.1) is 0 Å². The molecule has 1 aliphatic rings. The standard InChI is InChI=1S/C20H22ClN3O2/c21-18-9-5-4-8-17(18)14-24(20(26)16-6-2-1-3-7-16)15-19(25)23-12-10-22-11-13-23/h1-9,22H,10-15H2. The zero-order valence-corrected chi connectivity index (χ0v) is 15.3. The van der Waals surface area contributed by atoms with Gasteiger partial charge >= 0.3 is 0 Å². The van der Waals surface area contributed by atoms with Gasteiger partial charge < -0.3 is 15.1 Å². The molecule has 26 heavy (non-hydrogen) atoms. The number of benzene rings is 2. The number of rotatable bonds is 5.